The molecule has 3 aliphatic rings. The number of nitriles is 1. The van der Waals surface area contributed by atoms with Gasteiger partial charge in [0.05, 0.1) is 34.9 Å². The van der Waals surface area contributed by atoms with Crippen molar-refractivity contribution in [3.63, 3.8) is 0 Å². The summed E-state index contributed by atoms with van der Waals surface area (Å²) in [4.78, 5) is 32.0. The van der Waals surface area contributed by atoms with Gasteiger partial charge in [-0.2, -0.15) is 5.26 Å². The second-order valence-corrected chi connectivity index (χ2v) is 7.84. The zero-order chi connectivity index (χ0) is 18.3. The number of hydrogen-bond donors (Lipinski definition) is 0. The van der Waals surface area contributed by atoms with Crippen LogP contribution in [0.15, 0.2) is 30.5 Å². The number of amides is 2. The molecule has 4 heterocycles. The molecule has 1 aromatic carbocycles. The average Bonchev–Trinajstić information content (AvgIpc) is 3.18. The zero-order valence-electron chi connectivity index (χ0n) is 14.5. The van der Waals surface area contributed by atoms with Crippen LogP contribution in [0.5, 0.6) is 0 Å². The fourth-order valence-corrected chi connectivity index (χ4v) is 5.15. The summed E-state index contributed by atoms with van der Waals surface area (Å²) in [5.41, 5.74) is -0.436. The van der Waals surface area contributed by atoms with Crippen molar-refractivity contribution in [3.05, 3.63) is 36.2 Å². The largest absolute Gasteiger partial charge is 0.367 e. The third kappa shape index (κ3) is 1.66. The molecule has 0 saturated carbocycles. The highest BCUT2D eigenvalue weighted by molar-refractivity contribution is 6.26. The Bertz CT molecular complexity index is 1010. The quantitative estimate of drug-likeness (QED) is 0.740. The van der Waals surface area contributed by atoms with Crippen LogP contribution in [0.3, 0.4) is 0 Å². The fourth-order valence-electron chi connectivity index (χ4n) is 5.15. The topological polar surface area (TPSA) is 83.3 Å². The van der Waals surface area contributed by atoms with Gasteiger partial charge in [0, 0.05) is 10.8 Å². The van der Waals surface area contributed by atoms with Crippen molar-refractivity contribution in [3.8, 4) is 6.07 Å². The second kappa shape index (κ2) is 4.68. The normalized spacial score (nSPS) is 35.2. The van der Waals surface area contributed by atoms with Gasteiger partial charge < -0.3 is 4.74 Å². The van der Waals surface area contributed by atoms with Crippen LogP contribution in [0.25, 0.3) is 10.8 Å². The van der Waals surface area contributed by atoms with E-state index in [1.807, 2.05) is 32.0 Å². The predicted molar refractivity (Wildman–Crippen MR) is 93.1 cm³/mol. The summed E-state index contributed by atoms with van der Waals surface area (Å²) >= 11 is 0. The summed E-state index contributed by atoms with van der Waals surface area (Å²) in [7, 11) is 0. The molecular weight excluding hydrogens is 330 g/mol. The number of anilines is 1. The van der Waals surface area contributed by atoms with Crippen LogP contribution in [0, 0.1) is 23.2 Å². The van der Waals surface area contributed by atoms with Gasteiger partial charge in [-0.15, -0.1) is 0 Å². The number of fused-ring (bicyclic) bond motifs is 6. The van der Waals surface area contributed by atoms with Gasteiger partial charge in [0.25, 0.3) is 0 Å². The van der Waals surface area contributed by atoms with Crippen molar-refractivity contribution < 1.29 is 14.3 Å². The molecule has 130 valence electrons. The highest BCUT2D eigenvalue weighted by atomic mass is 16.5. The molecule has 0 unspecified atom stereocenters. The SMILES string of the molecule is C[C@]12CC[C@](C)(O1)[C@@H]1C(=O)N(c3cnc(C#N)c4ccccc34)C(=O)[C@@H]12. The Morgan fingerprint density at radius 3 is 2.27 bits per heavy atom. The number of carbonyl (C=O) groups is 2. The number of imide groups is 1. The van der Waals surface area contributed by atoms with Crippen molar-refractivity contribution in [2.45, 2.75) is 37.9 Å². The monoisotopic (exact) mass is 347 g/mol. The van der Waals surface area contributed by atoms with E-state index in [-0.39, 0.29) is 17.5 Å². The van der Waals surface area contributed by atoms with Crippen LogP contribution in [0.4, 0.5) is 5.69 Å². The van der Waals surface area contributed by atoms with Crippen LogP contribution in [0.1, 0.15) is 32.4 Å². The molecular formula is C20H17N3O3. The molecule has 0 aliphatic carbocycles. The number of pyridine rings is 1. The molecule has 2 amide bonds. The van der Waals surface area contributed by atoms with Gasteiger partial charge in [-0.3, -0.25) is 9.59 Å². The Balaban J connectivity index is 1.70. The van der Waals surface area contributed by atoms with Crippen molar-refractivity contribution in [2.75, 3.05) is 4.90 Å². The summed E-state index contributed by atoms with van der Waals surface area (Å²) in [5, 5.41) is 10.6. The second-order valence-electron chi connectivity index (χ2n) is 7.84. The van der Waals surface area contributed by atoms with E-state index in [9.17, 15) is 14.9 Å². The summed E-state index contributed by atoms with van der Waals surface area (Å²) in [6.07, 6.45) is 3.03. The van der Waals surface area contributed by atoms with Crippen molar-refractivity contribution >= 4 is 28.3 Å². The minimum Gasteiger partial charge on any atom is -0.367 e. The van der Waals surface area contributed by atoms with Crippen molar-refractivity contribution in [2.24, 2.45) is 11.8 Å². The van der Waals surface area contributed by atoms with Gasteiger partial charge in [-0.1, -0.05) is 24.3 Å². The third-order valence-electron chi connectivity index (χ3n) is 6.33. The number of aromatic nitrogens is 1. The van der Waals surface area contributed by atoms with Crippen LogP contribution in [-0.4, -0.2) is 28.0 Å². The first kappa shape index (κ1) is 15.5. The molecule has 3 aliphatic heterocycles. The zero-order valence-corrected chi connectivity index (χ0v) is 14.5. The Morgan fingerprint density at radius 2 is 1.69 bits per heavy atom. The maximum absolute atomic E-state index is 13.3. The van der Waals surface area contributed by atoms with Gasteiger partial charge in [0.1, 0.15) is 11.8 Å². The molecule has 3 fully saturated rings. The van der Waals surface area contributed by atoms with Crippen LogP contribution in [-0.2, 0) is 14.3 Å². The van der Waals surface area contributed by atoms with Gasteiger partial charge in [0.2, 0.25) is 11.8 Å². The van der Waals surface area contributed by atoms with E-state index in [1.165, 1.54) is 11.1 Å². The van der Waals surface area contributed by atoms with Crippen LogP contribution in [0.2, 0.25) is 0 Å². The first-order valence-electron chi connectivity index (χ1n) is 8.75. The van der Waals surface area contributed by atoms with Gasteiger partial charge in [0.15, 0.2) is 0 Å². The first-order valence-corrected chi connectivity index (χ1v) is 8.75. The molecule has 2 bridgehead atoms. The van der Waals surface area contributed by atoms with E-state index in [0.29, 0.717) is 16.5 Å². The maximum Gasteiger partial charge on any atom is 0.240 e. The minimum atomic E-state index is -0.587. The van der Waals surface area contributed by atoms with Gasteiger partial charge >= 0.3 is 0 Å². The minimum absolute atomic E-state index is 0.220. The molecule has 0 radical (unpaired) electrons. The number of rotatable bonds is 1. The lowest BCUT2D eigenvalue weighted by molar-refractivity contribution is -0.129. The van der Waals surface area contributed by atoms with Crippen molar-refractivity contribution in [1.82, 2.24) is 4.98 Å². The van der Waals surface area contributed by atoms with Crippen LogP contribution >= 0.6 is 0 Å². The standard InChI is InChI=1S/C20H17N3O3/c1-19-7-8-20(2,26-19)16-15(19)17(24)23(18(16)25)14-10-22-13(9-21)11-5-3-4-6-12(11)14/h3-6,10,15-16H,7-8H2,1-2H3/t15-,16+,19-,20+. The predicted octanol–water partition coefficient (Wildman–Crippen LogP) is 2.55. The summed E-state index contributed by atoms with van der Waals surface area (Å²) in [6.45, 7) is 3.87. The van der Waals surface area contributed by atoms with E-state index in [0.717, 1.165) is 12.8 Å². The van der Waals surface area contributed by atoms with E-state index >= 15 is 0 Å². The Morgan fingerprint density at radius 1 is 1.12 bits per heavy atom. The van der Waals surface area contributed by atoms with Crippen LogP contribution < -0.4 is 4.90 Å². The van der Waals surface area contributed by atoms with Gasteiger partial charge in [-0.05, 0) is 26.7 Å². The molecule has 6 nitrogen and oxygen atoms in total. The fraction of sp³-hybridized carbons (Fsp3) is 0.400. The number of ether oxygens (including phenoxy) is 1. The Labute approximate surface area is 150 Å². The van der Waals surface area contributed by atoms with E-state index in [1.54, 1.807) is 6.07 Å². The van der Waals surface area contributed by atoms with Gasteiger partial charge in [-0.25, -0.2) is 9.88 Å². The molecule has 0 N–H and O–H groups in total. The van der Waals surface area contributed by atoms with E-state index in [4.69, 9.17) is 4.74 Å². The summed E-state index contributed by atoms with van der Waals surface area (Å²) in [6, 6.07) is 9.31. The number of benzene rings is 1. The molecule has 0 spiro atoms. The molecule has 1 aromatic heterocycles. The van der Waals surface area contributed by atoms with Crippen molar-refractivity contribution in [1.29, 1.82) is 5.26 Å². The number of nitrogens with zero attached hydrogens (tertiary/aromatic N) is 3. The molecule has 5 rings (SSSR count). The molecule has 2 aromatic rings. The molecule has 6 heteroatoms. The lowest BCUT2D eigenvalue weighted by Gasteiger charge is -2.27. The third-order valence-corrected chi connectivity index (χ3v) is 6.33. The van der Waals surface area contributed by atoms with E-state index in [2.05, 4.69) is 11.1 Å². The highest BCUT2D eigenvalue weighted by Gasteiger charge is 2.72. The molecule has 26 heavy (non-hydrogen) atoms. The number of carbonyl (C=O) groups excluding carboxylic acids is 2. The maximum atomic E-state index is 13.3. The molecule has 3 saturated heterocycles. The number of hydrogen-bond acceptors (Lipinski definition) is 5. The molecule has 4 atom stereocenters. The summed E-state index contributed by atoms with van der Waals surface area (Å²) < 4.78 is 6.14. The average molecular weight is 347 g/mol. The Kier molecular flexibility index (Phi) is 2.79. The summed E-state index contributed by atoms with van der Waals surface area (Å²) in [5.74, 6) is -1.35. The first-order chi connectivity index (χ1) is 12.4. The lowest BCUT2D eigenvalue weighted by atomic mass is 9.69. The lowest BCUT2D eigenvalue weighted by Crippen LogP contribution is -2.40. The van der Waals surface area contributed by atoms with E-state index < -0.39 is 23.0 Å². The highest BCUT2D eigenvalue weighted by Crippen LogP contribution is 2.61. The smallest absolute Gasteiger partial charge is 0.240 e. The Hall–Kier alpha value is -2.78.